The van der Waals surface area contributed by atoms with Crippen LogP contribution in [-0.4, -0.2) is 91.0 Å². The molecule has 1 amide bonds. The fourth-order valence-corrected chi connectivity index (χ4v) is 6.82. The molecule has 2 saturated heterocycles. The lowest BCUT2D eigenvalue weighted by Gasteiger charge is -2.42. The van der Waals surface area contributed by atoms with Crippen LogP contribution < -0.4 is 5.32 Å². The number of benzene rings is 2. The van der Waals surface area contributed by atoms with Crippen LogP contribution in [0.2, 0.25) is 0 Å². The second kappa shape index (κ2) is 14.0. The van der Waals surface area contributed by atoms with Crippen molar-refractivity contribution in [2.75, 3.05) is 65.4 Å². The van der Waals surface area contributed by atoms with Gasteiger partial charge in [-0.3, -0.25) is 14.6 Å². The summed E-state index contributed by atoms with van der Waals surface area (Å²) in [5, 5.41) is 6.58. The highest BCUT2D eigenvalue weighted by molar-refractivity contribution is 7.10. The number of amides is 1. The van der Waals surface area contributed by atoms with E-state index in [4.69, 9.17) is 4.98 Å². The lowest BCUT2D eigenvalue weighted by Crippen LogP contribution is -2.52. The first-order valence-electron chi connectivity index (χ1n) is 14.6. The van der Waals surface area contributed by atoms with Crippen molar-refractivity contribution < 1.29 is 4.79 Å². The molecule has 2 aliphatic heterocycles. The molecule has 2 fully saturated rings. The Bertz CT molecular complexity index is 1270. The number of rotatable bonds is 10. The lowest BCUT2D eigenvalue weighted by atomic mass is 9.78. The van der Waals surface area contributed by atoms with E-state index >= 15 is 0 Å². The van der Waals surface area contributed by atoms with E-state index in [9.17, 15) is 4.79 Å². The number of hydrogen-bond donors (Lipinski definition) is 1. The van der Waals surface area contributed by atoms with Crippen LogP contribution >= 0.6 is 11.3 Å². The molecular weight excluding hydrogens is 514 g/mol. The first-order valence-corrected chi connectivity index (χ1v) is 15.4. The molecule has 0 aliphatic carbocycles. The summed E-state index contributed by atoms with van der Waals surface area (Å²) in [5.74, 6) is 6.18. The van der Waals surface area contributed by atoms with Gasteiger partial charge in [-0.25, -0.2) is 4.98 Å². The molecule has 7 heteroatoms. The summed E-state index contributed by atoms with van der Waals surface area (Å²) in [5.41, 5.74) is 2.73. The number of piperidine rings is 1. The molecule has 0 bridgehead atoms. The van der Waals surface area contributed by atoms with E-state index in [1.807, 2.05) is 43.3 Å². The summed E-state index contributed by atoms with van der Waals surface area (Å²) >= 11 is 1.74. The second-order valence-corrected chi connectivity index (χ2v) is 11.8. The van der Waals surface area contributed by atoms with E-state index in [-0.39, 0.29) is 11.3 Å². The number of carbonyl (C=O) groups excluding carboxylic acids is 1. The highest BCUT2D eigenvalue weighted by Gasteiger charge is 2.39. The summed E-state index contributed by atoms with van der Waals surface area (Å²) in [6.45, 7) is 12.5. The molecule has 3 heterocycles. The summed E-state index contributed by atoms with van der Waals surface area (Å²) in [7, 11) is 0. The standard InChI is InChI=1S/C33H41N5OS/c1-2-3-10-17-36-20-23-38(24-21-36)25-22-37-18-15-33(16-19-37,27-34-31(39)29-13-8-5-9-14-29)32-35-30(26-40-32)28-11-6-4-7-12-28/h4-9,11-14,26H,10,15-25,27H2,1H3,(H,34,39). The zero-order valence-corrected chi connectivity index (χ0v) is 24.5. The third-order valence-corrected chi connectivity index (χ3v) is 9.48. The highest BCUT2D eigenvalue weighted by Crippen LogP contribution is 2.38. The Morgan fingerprint density at radius 3 is 2.12 bits per heavy atom. The van der Waals surface area contributed by atoms with Gasteiger partial charge in [0, 0.05) is 80.7 Å². The number of likely N-dealkylation sites (tertiary alicyclic amines) is 1. The van der Waals surface area contributed by atoms with Crippen LogP contribution in [0.3, 0.4) is 0 Å². The van der Waals surface area contributed by atoms with Crippen molar-refractivity contribution in [1.29, 1.82) is 0 Å². The molecule has 2 aliphatic rings. The van der Waals surface area contributed by atoms with Crippen LogP contribution in [0.4, 0.5) is 0 Å². The third-order valence-electron chi connectivity index (χ3n) is 8.39. The maximum atomic E-state index is 13.0. The minimum atomic E-state index is -0.147. The van der Waals surface area contributed by atoms with Crippen molar-refractivity contribution >= 4 is 17.2 Å². The number of hydrogen-bond acceptors (Lipinski definition) is 6. The molecule has 1 N–H and O–H groups in total. The summed E-state index contributed by atoms with van der Waals surface area (Å²) < 4.78 is 0. The van der Waals surface area contributed by atoms with Crippen molar-refractivity contribution in [1.82, 2.24) is 25.0 Å². The summed E-state index contributed by atoms with van der Waals surface area (Å²) in [4.78, 5) is 25.9. The average Bonchev–Trinajstić information content (AvgIpc) is 3.52. The van der Waals surface area contributed by atoms with Gasteiger partial charge < -0.3 is 10.2 Å². The van der Waals surface area contributed by atoms with Gasteiger partial charge in [-0.2, -0.15) is 0 Å². The Morgan fingerprint density at radius 1 is 0.875 bits per heavy atom. The summed E-state index contributed by atoms with van der Waals surface area (Å²) in [6, 6.07) is 19.9. The SMILES string of the molecule is CC#CCCN1CCN(CCN2CCC(CNC(=O)c3ccccc3)(c3nc(-c4ccccc4)cs3)CC2)CC1. The van der Waals surface area contributed by atoms with Gasteiger partial charge in [-0.05, 0) is 45.0 Å². The molecule has 0 atom stereocenters. The third kappa shape index (κ3) is 7.38. The molecule has 3 aromatic rings. The Hall–Kier alpha value is -3.02. The topological polar surface area (TPSA) is 51.7 Å². The Labute approximate surface area is 243 Å². The zero-order chi connectivity index (χ0) is 27.6. The van der Waals surface area contributed by atoms with Crippen molar-refractivity contribution in [2.45, 2.75) is 31.6 Å². The van der Waals surface area contributed by atoms with Crippen LogP contribution in [0.15, 0.2) is 66.0 Å². The molecule has 0 saturated carbocycles. The molecule has 0 radical (unpaired) electrons. The second-order valence-electron chi connectivity index (χ2n) is 10.9. The largest absolute Gasteiger partial charge is 0.351 e. The molecule has 40 heavy (non-hydrogen) atoms. The van der Waals surface area contributed by atoms with Crippen LogP contribution in [-0.2, 0) is 5.41 Å². The number of carbonyl (C=O) groups is 1. The smallest absolute Gasteiger partial charge is 0.251 e. The highest BCUT2D eigenvalue weighted by atomic mass is 32.1. The lowest BCUT2D eigenvalue weighted by molar-refractivity contribution is 0.0896. The predicted molar refractivity (Wildman–Crippen MR) is 165 cm³/mol. The van der Waals surface area contributed by atoms with E-state index in [2.05, 4.69) is 61.5 Å². The molecule has 1 aromatic heterocycles. The van der Waals surface area contributed by atoms with Gasteiger partial charge in [0.15, 0.2) is 0 Å². The quantitative estimate of drug-likeness (QED) is 0.371. The van der Waals surface area contributed by atoms with Gasteiger partial charge >= 0.3 is 0 Å². The molecule has 0 unspecified atom stereocenters. The van der Waals surface area contributed by atoms with E-state index in [0.29, 0.717) is 12.1 Å². The first-order chi connectivity index (χ1) is 19.6. The van der Waals surface area contributed by atoms with E-state index in [0.717, 1.165) is 94.4 Å². The number of nitrogens with zero attached hydrogens (tertiary/aromatic N) is 4. The molecule has 5 rings (SSSR count). The maximum absolute atomic E-state index is 13.0. The number of aromatic nitrogens is 1. The van der Waals surface area contributed by atoms with Gasteiger partial charge in [0.05, 0.1) is 5.69 Å². The molecule has 6 nitrogen and oxygen atoms in total. The van der Waals surface area contributed by atoms with E-state index < -0.39 is 0 Å². The fraction of sp³-hybridized carbons (Fsp3) is 0.455. The van der Waals surface area contributed by atoms with Gasteiger partial charge in [0.25, 0.3) is 5.91 Å². The fourth-order valence-electron chi connectivity index (χ4n) is 5.73. The molecule has 2 aromatic carbocycles. The Morgan fingerprint density at radius 2 is 1.48 bits per heavy atom. The van der Waals surface area contributed by atoms with Gasteiger partial charge in [0.2, 0.25) is 0 Å². The van der Waals surface area contributed by atoms with E-state index in [1.54, 1.807) is 11.3 Å². The average molecular weight is 556 g/mol. The minimum Gasteiger partial charge on any atom is -0.351 e. The molecular formula is C33H41N5OS. The van der Waals surface area contributed by atoms with Crippen LogP contribution in [0.5, 0.6) is 0 Å². The number of thiazole rings is 1. The van der Waals surface area contributed by atoms with Crippen LogP contribution in [0.25, 0.3) is 11.3 Å². The van der Waals surface area contributed by atoms with Crippen molar-refractivity contribution in [3.05, 3.63) is 76.6 Å². The Kier molecular flexibility index (Phi) is 10.0. The number of piperazine rings is 1. The maximum Gasteiger partial charge on any atom is 0.251 e. The van der Waals surface area contributed by atoms with Gasteiger partial charge in [-0.15, -0.1) is 23.2 Å². The monoisotopic (exact) mass is 555 g/mol. The van der Waals surface area contributed by atoms with Gasteiger partial charge in [-0.1, -0.05) is 48.5 Å². The Balaban J connectivity index is 1.19. The first kappa shape index (κ1) is 28.5. The minimum absolute atomic E-state index is 0.0110. The summed E-state index contributed by atoms with van der Waals surface area (Å²) in [6.07, 6.45) is 2.97. The van der Waals surface area contributed by atoms with Crippen molar-refractivity contribution in [2.24, 2.45) is 0 Å². The van der Waals surface area contributed by atoms with Gasteiger partial charge in [0.1, 0.15) is 5.01 Å². The van der Waals surface area contributed by atoms with Crippen LogP contribution in [0.1, 0.15) is 41.6 Å². The molecule has 0 spiro atoms. The van der Waals surface area contributed by atoms with Crippen molar-refractivity contribution in [3.8, 4) is 23.1 Å². The predicted octanol–water partition coefficient (Wildman–Crippen LogP) is 4.60. The van der Waals surface area contributed by atoms with E-state index in [1.165, 1.54) is 0 Å². The number of nitrogens with one attached hydrogen (secondary N) is 1. The normalized spacial score (nSPS) is 18.1. The van der Waals surface area contributed by atoms with Crippen LogP contribution in [0, 0.1) is 11.8 Å². The van der Waals surface area contributed by atoms with Crippen molar-refractivity contribution in [3.63, 3.8) is 0 Å². The molecule has 210 valence electrons. The zero-order valence-electron chi connectivity index (χ0n) is 23.6.